The summed E-state index contributed by atoms with van der Waals surface area (Å²) in [4.78, 5) is 29.0. The summed E-state index contributed by atoms with van der Waals surface area (Å²) < 4.78 is 0. The molecule has 0 aliphatic carbocycles. The van der Waals surface area contributed by atoms with Crippen LogP contribution in [-0.2, 0) is 0 Å². The molecule has 2 N–H and O–H groups in total. The van der Waals surface area contributed by atoms with Crippen molar-refractivity contribution >= 4 is 40.2 Å². The maximum atomic E-state index is 12.5. The summed E-state index contributed by atoms with van der Waals surface area (Å²) in [5.41, 5.74) is 2.16. The zero-order valence-electron chi connectivity index (χ0n) is 13.2. The molecule has 0 radical (unpaired) electrons. The molecule has 0 fully saturated rings. The van der Waals surface area contributed by atoms with Gasteiger partial charge in [0.1, 0.15) is 10.7 Å². The lowest BCUT2D eigenvalue weighted by molar-refractivity contribution is 0.0959. The number of carbonyl (C=O) groups excluding carboxylic acids is 2. The van der Waals surface area contributed by atoms with Crippen LogP contribution in [-0.4, -0.2) is 23.3 Å². The van der Waals surface area contributed by atoms with Crippen molar-refractivity contribution in [1.82, 2.24) is 10.3 Å². The minimum absolute atomic E-state index is 0.270. The number of benzene rings is 1. The van der Waals surface area contributed by atoms with Gasteiger partial charge in [-0.25, -0.2) is 4.98 Å². The summed E-state index contributed by atoms with van der Waals surface area (Å²) in [5, 5.41) is 11.9. The summed E-state index contributed by atoms with van der Waals surface area (Å²) >= 11 is 2.99. The van der Waals surface area contributed by atoms with Gasteiger partial charge in [-0.05, 0) is 23.6 Å². The van der Waals surface area contributed by atoms with Gasteiger partial charge in [-0.15, -0.1) is 17.9 Å². The molecule has 0 saturated carbocycles. The van der Waals surface area contributed by atoms with Crippen molar-refractivity contribution < 1.29 is 9.59 Å². The van der Waals surface area contributed by atoms with Gasteiger partial charge in [0.15, 0.2) is 0 Å². The minimum atomic E-state index is -0.346. The SMILES string of the molecule is C=CCNC(=O)c1ccccc1NC(=O)c1csc(-c2ccsc2)n1. The Morgan fingerprint density at radius 3 is 2.76 bits per heavy atom. The number of amides is 2. The van der Waals surface area contributed by atoms with Crippen LogP contribution in [0.3, 0.4) is 0 Å². The van der Waals surface area contributed by atoms with E-state index in [1.54, 1.807) is 47.1 Å². The maximum absolute atomic E-state index is 12.5. The number of anilines is 1. The molecule has 126 valence electrons. The number of aromatic nitrogens is 1. The monoisotopic (exact) mass is 369 g/mol. The average Bonchev–Trinajstić information content (AvgIpc) is 3.31. The maximum Gasteiger partial charge on any atom is 0.275 e. The fourth-order valence-electron chi connectivity index (χ4n) is 2.13. The number of rotatable bonds is 6. The first-order chi connectivity index (χ1) is 12.2. The quantitative estimate of drug-likeness (QED) is 0.644. The molecule has 0 bridgehead atoms. The van der Waals surface area contributed by atoms with Crippen molar-refractivity contribution in [3.63, 3.8) is 0 Å². The van der Waals surface area contributed by atoms with E-state index in [1.165, 1.54) is 11.3 Å². The third-order valence-corrected chi connectivity index (χ3v) is 4.91. The fourth-order valence-corrected chi connectivity index (χ4v) is 3.65. The van der Waals surface area contributed by atoms with Gasteiger partial charge in [-0.1, -0.05) is 18.2 Å². The van der Waals surface area contributed by atoms with Crippen molar-refractivity contribution in [2.45, 2.75) is 0 Å². The Morgan fingerprint density at radius 1 is 1.16 bits per heavy atom. The van der Waals surface area contributed by atoms with Gasteiger partial charge in [-0.2, -0.15) is 11.3 Å². The zero-order valence-corrected chi connectivity index (χ0v) is 14.8. The zero-order chi connectivity index (χ0) is 17.6. The Balaban J connectivity index is 1.77. The first kappa shape index (κ1) is 17.1. The Morgan fingerprint density at radius 2 is 2.00 bits per heavy atom. The third-order valence-electron chi connectivity index (χ3n) is 3.33. The lowest BCUT2D eigenvalue weighted by Gasteiger charge is -2.09. The van der Waals surface area contributed by atoms with Gasteiger partial charge in [0, 0.05) is 22.9 Å². The van der Waals surface area contributed by atoms with E-state index in [4.69, 9.17) is 0 Å². The van der Waals surface area contributed by atoms with Crippen LogP contribution in [0.4, 0.5) is 5.69 Å². The highest BCUT2D eigenvalue weighted by molar-refractivity contribution is 7.14. The van der Waals surface area contributed by atoms with E-state index in [0.717, 1.165) is 10.6 Å². The van der Waals surface area contributed by atoms with Crippen LogP contribution in [0, 0.1) is 0 Å². The molecule has 0 spiro atoms. The summed E-state index contributed by atoms with van der Waals surface area (Å²) in [7, 11) is 0. The molecule has 0 aliphatic heterocycles. The summed E-state index contributed by atoms with van der Waals surface area (Å²) in [6, 6.07) is 8.82. The normalized spacial score (nSPS) is 10.2. The van der Waals surface area contributed by atoms with Gasteiger partial charge >= 0.3 is 0 Å². The van der Waals surface area contributed by atoms with Crippen LogP contribution in [0.15, 0.2) is 59.1 Å². The van der Waals surface area contributed by atoms with Gasteiger partial charge in [0.2, 0.25) is 0 Å². The molecule has 1 aromatic carbocycles. The molecular weight excluding hydrogens is 354 g/mol. The Bertz CT molecular complexity index is 901. The number of carbonyl (C=O) groups is 2. The molecule has 2 aromatic heterocycles. The second kappa shape index (κ2) is 7.87. The highest BCUT2D eigenvalue weighted by Gasteiger charge is 2.16. The smallest absolute Gasteiger partial charge is 0.275 e. The Hall–Kier alpha value is -2.77. The number of thiazole rings is 1. The van der Waals surface area contributed by atoms with Crippen LogP contribution >= 0.6 is 22.7 Å². The molecular formula is C18H15N3O2S2. The van der Waals surface area contributed by atoms with E-state index in [-0.39, 0.29) is 11.8 Å². The second-order valence-electron chi connectivity index (χ2n) is 5.05. The van der Waals surface area contributed by atoms with Crippen LogP contribution in [0.1, 0.15) is 20.8 Å². The number of thiophene rings is 1. The molecule has 5 nitrogen and oxygen atoms in total. The van der Waals surface area contributed by atoms with Crippen LogP contribution < -0.4 is 10.6 Å². The number of nitrogens with zero attached hydrogens (tertiary/aromatic N) is 1. The van der Waals surface area contributed by atoms with Crippen LogP contribution in [0.25, 0.3) is 10.6 Å². The van der Waals surface area contributed by atoms with Crippen molar-refractivity contribution in [3.05, 3.63) is 70.4 Å². The average molecular weight is 369 g/mol. The predicted molar refractivity (Wildman–Crippen MR) is 102 cm³/mol. The number of nitrogens with one attached hydrogen (secondary N) is 2. The Kier molecular flexibility index (Phi) is 5.37. The van der Waals surface area contributed by atoms with Gasteiger partial charge < -0.3 is 10.6 Å². The number of hydrogen-bond donors (Lipinski definition) is 2. The molecule has 7 heteroatoms. The van der Waals surface area contributed by atoms with Gasteiger partial charge in [-0.3, -0.25) is 9.59 Å². The van der Waals surface area contributed by atoms with Crippen LogP contribution in [0.2, 0.25) is 0 Å². The molecule has 0 unspecified atom stereocenters. The lowest BCUT2D eigenvalue weighted by atomic mass is 10.1. The highest BCUT2D eigenvalue weighted by Crippen LogP contribution is 2.26. The van der Waals surface area contributed by atoms with Gasteiger partial charge in [0.25, 0.3) is 11.8 Å². The third kappa shape index (κ3) is 4.01. The first-order valence-corrected chi connectivity index (χ1v) is 9.29. The predicted octanol–water partition coefficient (Wildman–Crippen LogP) is 4.04. The summed E-state index contributed by atoms with van der Waals surface area (Å²) in [6.07, 6.45) is 1.60. The molecule has 0 atom stereocenters. The van der Waals surface area contributed by atoms with E-state index in [0.29, 0.717) is 23.5 Å². The van der Waals surface area contributed by atoms with Crippen molar-refractivity contribution in [2.75, 3.05) is 11.9 Å². The summed E-state index contributed by atoms with van der Waals surface area (Å²) in [5.74, 6) is -0.616. The van der Waals surface area contributed by atoms with Crippen molar-refractivity contribution in [1.29, 1.82) is 0 Å². The molecule has 2 amide bonds. The molecule has 0 aliphatic rings. The molecule has 3 rings (SSSR count). The topological polar surface area (TPSA) is 71.1 Å². The second-order valence-corrected chi connectivity index (χ2v) is 6.69. The van der Waals surface area contributed by atoms with Gasteiger partial charge in [0.05, 0.1) is 11.3 Å². The number of para-hydroxylation sites is 1. The van der Waals surface area contributed by atoms with E-state index < -0.39 is 0 Å². The number of hydrogen-bond acceptors (Lipinski definition) is 5. The van der Waals surface area contributed by atoms with Crippen molar-refractivity contribution in [2.24, 2.45) is 0 Å². The highest BCUT2D eigenvalue weighted by atomic mass is 32.1. The van der Waals surface area contributed by atoms with E-state index in [2.05, 4.69) is 22.2 Å². The Labute approximate surface area is 153 Å². The lowest BCUT2D eigenvalue weighted by Crippen LogP contribution is -2.25. The van der Waals surface area contributed by atoms with E-state index >= 15 is 0 Å². The largest absolute Gasteiger partial charge is 0.349 e. The summed E-state index contributed by atoms with van der Waals surface area (Å²) in [6.45, 7) is 3.93. The van der Waals surface area contributed by atoms with Crippen LogP contribution in [0.5, 0.6) is 0 Å². The molecule has 0 saturated heterocycles. The minimum Gasteiger partial charge on any atom is -0.349 e. The first-order valence-electron chi connectivity index (χ1n) is 7.46. The molecule has 25 heavy (non-hydrogen) atoms. The standard InChI is InChI=1S/C18H15N3O2S2/c1-2-8-19-16(22)13-5-3-4-6-14(13)20-17(23)15-11-25-18(21-15)12-7-9-24-10-12/h2-7,9-11H,1,8H2,(H,19,22)(H,20,23). The van der Waals surface area contributed by atoms with Crippen molar-refractivity contribution in [3.8, 4) is 10.6 Å². The van der Waals surface area contributed by atoms with E-state index in [1.807, 2.05) is 16.8 Å². The fraction of sp³-hybridized carbons (Fsp3) is 0.0556. The van der Waals surface area contributed by atoms with E-state index in [9.17, 15) is 9.59 Å². The molecule has 3 aromatic rings. The molecule has 2 heterocycles.